The number of carbonyl (C=O) groups is 1. The van der Waals surface area contributed by atoms with Crippen molar-refractivity contribution >= 4 is 35.8 Å². The summed E-state index contributed by atoms with van der Waals surface area (Å²) in [6, 6.07) is 0. The first kappa shape index (κ1) is 22.5. The Labute approximate surface area is 169 Å². The third-order valence-electron chi connectivity index (χ3n) is 5.50. The largest absolute Gasteiger partial charge is 0.381 e. The van der Waals surface area contributed by atoms with Gasteiger partial charge in [0.05, 0.1) is 6.61 Å². The van der Waals surface area contributed by atoms with Crippen molar-refractivity contribution in [1.82, 2.24) is 15.5 Å². The van der Waals surface area contributed by atoms with Crippen molar-refractivity contribution < 1.29 is 9.53 Å². The van der Waals surface area contributed by atoms with Gasteiger partial charge in [-0.2, -0.15) is 0 Å². The zero-order chi connectivity index (χ0) is 17.4. The summed E-state index contributed by atoms with van der Waals surface area (Å²) in [6.45, 7) is 5.92. The second kappa shape index (κ2) is 11.2. The van der Waals surface area contributed by atoms with Crippen LogP contribution in [0.5, 0.6) is 0 Å². The van der Waals surface area contributed by atoms with Gasteiger partial charge in [-0.25, -0.2) is 4.99 Å². The van der Waals surface area contributed by atoms with Crippen LogP contribution in [0, 0.1) is 11.3 Å². The molecule has 2 N–H and O–H groups in total. The molecule has 2 rings (SSSR count). The van der Waals surface area contributed by atoms with Crippen molar-refractivity contribution in [1.29, 1.82) is 0 Å². The monoisotopic (exact) mass is 466 g/mol. The summed E-state index contributed by atoms with van der Waals surface area (Å²) in [6.07, 6.45) is 7.52. The zero-order valence-electron chi connectivity index (χ0n) is 16.0. The van der Waals surface area contributed by atoms with Gasteiger partial charge in [-0.1, -0.05) is 19.8 Å². The van der Waals surface area contributed by atoms with Gasteiger partial charge in [-0.15, -0.1) is 24.0 Å². The first-order chi connectivity index (χ1) is 11.5. The minimum atomic E-state index is 0. The number of nitrogens with zero attached hydrogens (tertiary/aromatic N) is 2. The van der Waals surface area contributed by atoms with Crippen LogP contribution in [0.1, 0.15) is 45.4 Å². The summed E-state index contributed by atoms with van der Waals surface area (Å²) in [4.78, 5) is 17.9. The highest BCUT2D eigenvalue weighted by molar-refractivity contribution is 14.0. The van der Waals surface area contributed by atoms with Gasteiger partial charge in [0.2, 0.25) is 5.91 Å². The van der Waals surface area contributed by atoms with Gasteiger partial charge in [0, 0.05) is 39.7 Å². The molecule has 1 saturated heterocycles. The Morgan fingerprint density at radius 3 is 2.56 bits per heavy atom. The Morgan fingerprint density at radius 2 is 2.00 bits per heavy atom. The quantitative estimate of drug-likeness (QED) is 0.343. The lowest BCUT2D eigenvalue weighted by molar-refractivity contribution is -0.127. The maximum atomic E-state index is 11.8. The highest BCUT2D eigenvalue weighted by Gasteiger charge is 2.32. The highest BCUT2D eigenvalue weighted by atomic mass is 127. The van der Waals surface area contributed by atoms with E-state index in [-0.39, 0.29) is 36.4 Å². The third kappa shape index (κ3) is 7.29. The lowest BCUT2D eigenvalue weighted by Crippen LogP contribution is -2.45. The molecule has 1 heterocycles. The molecule has 1 atom stereocenters. The lowest BCUT2D eigenvalue weighted by atomic mass is 9.83. The second-order valence-electron chi connectivity index (χ2n) is 7.48. The van der Waals surface area contributed by atoms with E-state index < -0.39 is 0 Å². The van der Waals surface area contributed by atoms with E-state index in [0.717, 1.165) is 38.7 Å². The summed E-state index contributed by atoms with van der Waals surface area (Å²) in [7, 11) is 3.53. The molecule has 7 heteroatoms. The van der Waals surface area contributed by atoms with Gasteiger partial charge in [0.15, 0.2) is 5.96 Å². The minimum absolute atomic E-state index is 0. The van der Waals surface area contributed by atoms with Gasteiger partial charge in [-0.3, -0.25) is 4.79 Å². The number of ether oxygens (including phenoxy) is 1. The highest BCUT2D eigenvalue weighted by Crippen LogP contribution is 2.40. The van der Waals surface area contributed by atoms with Crippen molar-refractivity contribution in [3.8, 4) is 0 Å². The maximum absolute atomic E-state index is 11.8. The number of hydrogen-bond acceptors (Lipinski definition) is 3. The van der Waals surface area contributed by atoms with Crippen molar-refractivity contribution in [3.63, 3.8) is 0 Å². The summed E-state index contributed by atoms with van der Waals surface area (Å²) in [5.74, 6) is 1.32. The molecule has 146 valence electrons. The first-order valence-corrected chi connectivity index (χ1v) is 9.35. The Morgan fingerprint density at radius 1 is 1.28 bits per heavy atom. The molecule has 1 unspecified atom stereocenters. The number of nitrogens with one attached hydrogen (secondary N) is 2. The fourth-order valence-electron chi connectivity index (χ4n) is 3.50. The van der Waals surface area contributed by atoms with Gasteiger partial charge in [0.1, 0.15) is 6.54 Å². The molecule has 1 saturated carbocycles. The number of amides is 1. The summed E-state index contributed by atoms with van der Waals surface area (Å²) in [5.41, 5.74) is 0.393. The van der Waals surface area contributed by atoms with Crippen LogP contribution in [0.25, 0.3) is 0 Å². The fourth-order valence-corrected chi connectivity index (χ4v) is 3.50. The number of aliphatic imine (C=N–C) groups is 1. The van der Waals surface area contributed by atoms with Crippen LogP contribution in [0.2, 0.25) is 0 Å². The second-order valence-corrected chi connectivity index (χ2v) is 7.48. The molecule has 2 aliphatic rings. The van der Waals surface area contributed by atoms with Crippen LogP contribution in [0.15, 0.2) is 4.99 Å². The molecule has 1 aliphatic carbocycles. The van der Waals surface area contributed by atoms with Crippen molar-refractivity contribution in [2.24, 2.45) is 16.3 Å². The first-order valence-electron chi connectivity index (χ1n) is 9.35. The average Bonchev–Trinajstić information content (AvgIpc) is 3.26. The maximum Gasteiger partial charge on any atom is 0.243 e. The summed E-state index contributed by atoms with van der Waals surface area (Å²) >= 11 is 0. The van der Waals surface area contributed by atoms with Gasteiger partial charge in [-0.05, 0) is 31.1 Å². The Balaban J connectivity index is 0.00000312. The molecule has 0 bridgehead atoms. The SMILES string of the molecule is CCC1(CNC(=NCC(=O)N(C)C)NCC2CCOC2)CCCC1.I. The molecule has 0 aromatic rings. The van der Waals surface area contributed by atoms with Gasteiger partial charge < -0.3 is 20.3 Å². The van der Waals surface area contributed by atoms with Gasteiger partial charge in [0.25, 0.3) is 0 Å². The van der Waals surface area contributed by atoms with Crippen molar-refractivity contribution in [2.75, 3.05) is 46.9 Å². The molecule has 1 amide bonds. The number of carbonyl (C=O) groups excluding carboxylic acids is 1. The van der Waals surface area contributed by atoms with E-state index in [9.17, 15) is 4.79 Å². The Bertz CT molecular complexity index is 431. The van der Waals surface area contributed by atoms with E-state index >= 15 is 0 Å². The molecule has 0 spiro atoms. The molecular formula is C18H35IN4O2. The van der Waals surface area contributed by atoms with Crippen LogP contribution in [0.3, 0.4) is 0 Å². The fraction of sp³-hybridized carbons (Fsp3) is 0.889. The van der Waals surface area contributed by atoms with E-state index in [1.807, 2.05) is 0 Å². The normalized spacial score (nSPS) is 22.4. The third-order valence-corrected chi connectivity index (χ3v) is 5.50. The smallest absolute Gasteiger partial charge is 0.243 e. The van der Waals surface area contributed by atoms with E-state index in [2.05, 4.69) is 22.5 Å². The molecule has 6 nitrogen and oxygen atoms in total. The van der Waals surface area contributed by atoms with Crippen LogP contribution in [-0.4, -0.2) is 63.7 Å². The number of halogens is 1. The Hall–Kier alpha value is -0.570. The number of likely N-dealkylation sites (N-methyl/N-ethyl adjacent to an activating group) is 1. The topological polar surface area (TPSA) is 66.0 Å². The van der Waals surface area contributed by atoms with E-state index in [4.69, 9.17) is 4.74 Å². The van der Waals surface area contributed by atoms with Crippen LogP contribution in [-0.2, 0) is 9.53 Å². The summed E-state index contributed by atoms with van der Waals surface area (Å²) < 4.78 is 5.43. The standard InChI is InChI=1S/C18H34N4O2.HI/c1-4-18(8-5-6-9-18)14-21-17(20-12-16(23)22(2)3)19-11-15-7-10-24-13-15;/h15H,4-14H2,1-3H3,(H2,19,20,21);1H. The zero-order valence-corrected chi connectivity index (χ0v) is 18.3. The predicted octanol–water partition coefficient (Wildman–Crippen LogP) is 2.23. The molecule has 0 aromatic carbocycles. The van der Waals surface area contributed by atoms with Crippen molar-refractivity contribution in [3.05, 3.63) is 0 Å². The van der Waals surface area contributed by atoms with E-state index in [1.54, 1.807) is 19.0 Å². The summed E-state index contributed by atoms with van der Waals surface area (Å²) in [5, 5.41) is 6.91. The van der Waals surface area contributed by atoms with E-state index in [0.29, 0.717) is 11.3 Å². The Kier molecular flexibility index (Phi) is 10.1. The minimum Gasteiger partial charge on any atom is -0.381 e. The lowest BCUT2D eigenvalue weighted by Gasteiger charge is -2.29. The van der Waals surface area contributed by atoms with Crippen molar-refractivity contribution in [2.45, 2.75) is 45.4 Å². The van der Waals surface area contributed by atoms with E-state index in [1.165, 1.54) is 32.1 Å². The molecule has 1 aliphatic heterocycles. The van der Waals surface area contributed by atoms with Crippen LogP contribution >= 0.6 is 24.0 Å². The molecular weight excluding hydrogens is 431 g/mol. The van der Waals surface area contributed by atoms with Crippen LogP contribution in [0.4, 0.5) is 0 Å². The molecule has 25 heavy (non-hydrogen) atoms. The predicted molar refractivity (Wildman–Crippen MR) is 113 cm³/mol. The van der Waals surface area contributed by atoms with Gasteiger partial charge >= 0.3 is 0 Å². The molecule has 0 radical (unpaired) electrons. The molecule has 2 fully saturated rings. The number of guanidine groups is 1. The average molecular weight is 466 g/mol. The number of hydrogen-bond donors (Lipinski definition) is 2. The number of rotatable bonds is 7. The molecule has 0 aromatic heterocycles. The van der Waals surface area contributed by atoms with Crippen LogP contribution < -0.4 is 10.6 Å².